The number of carbonyl (C=O) groups is 1. The van der Waals surface area contributed by atoms with E-state index in [0.29, 0.717) is 17.3 Å². The molecule has 0 radical (unpaired) electrons. The highest BCUT2D eigenvalue weighted by Gasteiger charge is 2.25. The smallest absolute Gasteiger partial charge is 0.295 e. The molecule has 1 saturated carbocycles. The Labute approximate surface area is 205 Å². The summed E-state index contributed by atoms with van der Waals surface area (Å²) < 4.78 is 6.18. The van der Waals surface area contributed by atoms with Crippen molar-refractivity contribution in [1.29, 1.82) is 0 Å². The third kappa shape index (κ3) is 4.12. The van der Waals surface area contributed by atoms with Gasteiger partial charge in [0.2, 0.25) is 5.13 Å². The minimum Gasteiger partial charge on any atom is -0.357 e. The van der Waals surface area contributed by atoms with E-state index in [1.54, 1.807) is 4.68 Å². The van der Waals surface area contributed by atoms with Gasteiger partial charge in [0.15, 0.2) is 10.1 Å². The summed E-state index contributed by atoms with van der Waals surface area (Å²) in [6.07, 6.45) is 2.35. The number of hydrogen-bond acceptors (Lipinski definition) is 7. The van der Waals surface area contributed by atoms with Crippen molar-refractivity contribution in [2.24, 2.45) is 7.05 Å². The Morgan fingerprint density at radius 2 is 1.88 bits per heavy atom. The van der Waals surface area contributed by atoms with Crippen LogP contribution in [0.5, 0.6) is 0 Å². The minimum atomic E-state index is -0.120. The van der Waals surface area contributed by atoms with E-state index >= 15 is 0 Å². The molecular weight excluding hydrogens is 468 g/mol. The summed E-state index contributed by atoms with van der Waals surface area (Å²) in [6, 6.07) is 12.0. The molecule has 1 fully saturated rings. The maximum Gasteiger partial charge on any atom is 0.295 e. The van der Waals surface area contributed by atoms with Crippen molar-refractivity contribution in [3.8, 4) is 11.4 Å². The summed E-state index contributed by atoms with van der Waals surface area (Å²) in [6.45, 7) is 5.75. The molecule has 0 atom stereocenters. The summed E-state index contributed by atoms with van der Waals surface area (Å²) in [5.41, 5.74) is 4.31. The molecule has 1 N–H and O–H groups in total. The topological polar surface area (TPSA) is 86.7 Å². The van der Waals surface area contributed by atoms with Crippen molar-refractivity contribution < 1.29 is 4.79 Å². The van der Waals surface area contributed by atoms with Gasteiger partial charge in [0, 0.05) is 30.0 Å². The number of rotatable bonds is 8. The highest BCUT2D eigenvalue weighted by atomic mass is 32.2. The Bertz CT molecular complexity index is 1430. The summed E-state index contributed by atoms with van der Waals surface area (Å²) in [5.74, 6) is 0.276. The maximum absolute atomic E-state index is 13.5. The number of anilines is 1. The van der Waals surface area contributed by atoms with Gasteiger partial charge in [-0.1, -0.05) is 41.3 Å². The molecule has 5 rings (SSSR count). The first-order chi connectivity index (χ1) is 16.3. The largest absolute Gasteiger partial charge is 0.357 e. The number of aromatic nitrogens is 5. The van der Waals surface area contributed by atoms with Crippen LogP contribution in [0.25, 0.3) is 11.4 Å². The standard InChI is InChI=1S/C24H26N6O2S2/c1-14-12-19(20(31)13-33-24-27-26-23(34-24)25-17-10-11-17)15(2)29(14)21-16(3)28(4)30(22(21)32)18-8-6-5-7-9-18/h5-9,12,17H,10-11,13H2,1-4H3,(H,25,26). The van der Waals surface area contributed by atoms with Crippen LogP contribution in [0, 0.1) is 20.8 Å². The fourth-order valence-corrected chi connectivity index (χ4v) is 5.85. The van der Waals surface area contributed by atoms with Crippen molar-refractivity contribution in [1.82, 2.24) is 24.1 Å². The Morgan fingerprint density at radius 3 is 2.59 bits per heavy atom. The van der Waals surface area contributed by atoms with Crippen LogP contribution in [-0.4, -0.2) is 41.7 Å². The van der Waals surface area contributed by atoms with E-state index in [1.165, 1.54) is 35.9 Å². The zero-order valence-electron chi connectivity index (χ0n) is 19.5. The van der Waals surface area contributed by atoms with Gasteiger partial charge in [-0.3, -0.25) is 14.3 Å². The van der Waals surface area contributed by atoms with Gasteiger partial charge in [-0.05, 0) is 51.8 Å². The lowest BCUT2D eigenvalue weighted by Crippen LogP contribution is -2.22. The van der Waals surface area contributed by atoms with E-state index in [2.05, 4.69) is 15.5 Å². The van der Waals surface area contributed by atoms with Gasteiger partial charge in [0.1, 0.15) is 5.69 Å². The molecular formula is C24H26N6O2S2. The molecule has 1 aliphatic carbocycles. The molecule has 0 saturated heterocycles. The van der Waals surface area contributed by atoms with Crippen LogP contribution >= 0.6 is 23.1 Å². The Morgan fingerprint density at radius 1 is 1.15 bits per heavy atom. The molecule has 4 aromatic rings. The number of hydrogen-bond donors (Lipinski definition) is 1. The zero-order chi connectivity index (χ0) is 24.0. The summed E-state index contributed by atoms with van der Waals surface area (Å²) >= 11 is 2.88. The summed E-state index contributed by atoms with van der Waals surface area (Å²) in [4.78, 5) is 26.6. The molecule has 176 valence electrons. The number of carbonyl (C=O) groups excluding carboxylic acids is 1. The number of nitrogens with zero attached hydrogens (tertiary/aromatic N) is 5. The fourth-order valence-electron chi connectivity index (χ4n) is 4.13. The number of nitrogens with one attached hydrogen (secondary N) is 1. The Balaban J connectivity index is 1.41. The normalized spacial score (nSPS) is 13.4. The minimum absolute atomic E-state index is 0.00761. The second-order valence-electron chi connectivity index (χ2n) is 8.53. The van der Waals surface area contributed by atoms with Gasteiger partial charge in [0.05, 0.1) is 17.1 Å². The van der Waals surface area contributed by atoms with Crippen LogP contribution in [0.15, 0.2) is 45.5 Å². The predicted octanol–water partition coefficient (Wildman–Crippen LogP) is 4.29. The molecule has 34 heavy (non-hydrogen) atoms. The quantitative estimate of drug-likeness (QED) is 0.290. The van der Waals surface area contributed by atoms with Crippen LogP contribution < -0.4 is 10.9 Å². The lowest BCUT2D eigenvalue weighted by atomic mass is 10.2. The summed E-state index contributed by atoms with van der Waals surface area (Å²) in [7, 11) is 1.87. The highest BCUT2D eigenvalue weighted by molar-refractivity contribution is 8.01. The Hall–Kier alpha value is -3.11. The molecule has 10 heteroatoms. The van der Waals surface area contributed by atoms with Gasteiger partial charge >= 0.3 is 0 Å². The molecule has 0 bridgehead atoms. The molecule has 8 nitrogen and oxygen atoms in total. The average molecular weight is 495 g/mol. The van der Waals surface area contributed by atoms with E-state index in [0.717, 1.165) is 32.2 Å². The number of thioether (sulfide) groups is 1. The van der Waals surface area contributed by atoms with E-state index in [1.807, 2.05) is 73.5 Å². The number of aryl methyl sites for hydroxylation is 1. The van der Waals surface area contributed by atoms with Gasteiger partial charge in [-0.25, -0.2) is 4.68 Å². The molecule has 3 heterocycles. The first kappa shape index (κ1) is 22.7. The maximum atomic E-state index is 13.5. The highest BCUT2D eigenvalue weighted by Crippen LogP contribution is 2.31. The van der Waals surface area contributed by atoms with E-state index in [-0.39, 0.29) is 17.1 Å². The third-order valence-corrected chi connectivity index (χ3v) is 8.10. The predicted molar refractivity (Wildman–Crippen MR) is 136 cm³/mol. The lowest BCUT2D eigenvalue weighted by molar-refractivity contribution is 0.102. The van der Waals surface area contributed by atoms with E-state index in [9.17, 15) is 9.59 Å². The summed E-state index contributed by atoms with van der Waals surface area (Å²) in [5, 5.41) is 12.5. The van der Waals surface area contributed by atoms with Gasteiger partial charge in [0.25, 0.3) is 5.56 Å². The average Bonchev–Trinajstić information content (AvgIpc) is 3.38. The van der Waals surface area contributed by atoms with Crippen molar-refractivity contribution >= 4 is 34.0 Å². The first-order valence-corrected chi connectivity index (χ1v) is 12.9. The van der Waals surface area contributed by atoms with Gasteiger partial charge < -0.3 is 9.88 Å². The molecule has 0 unspecified atom stereocenters. The molecule has 1 aliphatic rings. The van der Waals surface area contributed by atoms with Crippen LogP contribution in [0.3, 0.4) is 0 Å². The zero-order valence-corrected chi connectivity index (χ0v) is 21.2. The second kappa shape index (κ2) is 8.92. The van der Waals surface area contributed by atoms with Gasteiger partial charge in [-0.2, -0.15) is 0 Å². The fraction of sp³-hybridized carbons (Fsp3) is 0.333. The van der Waals surface area contributed by atoms with Crippen molar-refractivity contribution in [2.75, 3.05) is 11.1 Å². The van der Waals surface area contributed by atoms with Crippen LogP contribution in [0.4, 0.5) is 5.13 Å². The Kier molecular flexibility index (Phi) is 5.95. The van der Waals surface area contributed by atoms with E-state index in [4.69, 9.17) is 0 Å². The monoisotopic (exact) mass is 494 g/mol. The van der Waals surface area contributed by atoms with Crippen molar-refractivity contribution in [2.45, 2.75) is 44.0 Å². The molecule has 3 aromatic heterocycles. The number of ketones is 1. The number of Topliss-reactive ketones (excluding diaryl/α,β-unsaturated/α-hetero) is 1. The van der Waals surface area contributed by atoms with Gasteiger partial charge in [-0.15, -0.1) is 10.2 Å². The number of para-hydroxylation sites is 1. The lowest BCUT2D eigenvalue weighted by Gasteiger charge is -2.08. The van der Waals surface area contributed by atoms with Crippen LogP contribution in [-0.2, 0) is 7.05 Å². The molecule has 0 spiro atoms. The second-order valence-corrected chi connectivity index (χ2v) is 10.7. The molecule has 0 aliphatic heterocycles. The van der Waals surface area contributed by atoms with E-state index < -0.39 is 0 Å². The van der Waals surface area contributed by atoms with Crippen molar-refractivity contribution in [3.05, 3.63) is 69.4 Å². The van der Waals surface area contributed by atoms with Crippen molar-refractivity contribution in [3.63, 3.8) is 0 Å². The van der Waals surface area contributed by atoms with Crippen LogP contribution in [0.2, 0.25) is 0 Å². The number of benzene rings is 1. The molecule has 1 aromatic carbocycles. The third-order valence-electron chi connectivity index (χ3n) is 6.12. The van der Waals surface area contributed by atoms with Crippen LogP contribution in [0.1, 0.15) is 40.3 Å². The molecule has 0 amide bonds. The SMILES string of the molecule is Cc1cc(C(=O)CSc2nnc(NC3CC3)s2)c(C)n1-c1c(C)n(C)n(-c2ccccc2)c1=O. The first-order valence-electron chi connectivity index (χ1n) is 11.1.